The maximum atomic E-state index is 12.6. The minimum atomic E-state index is -0.0719. The maximum absolute atomic E-state index is 12.6. The third kappa shape index (κ3) is 1.94. The van der Waals surface area contributed by atoms with Crippen LogP contribution in [0.4, 0.5) is 5.82 Å². The number of nitrogens with zero attached hydrogens (tertiary/aromatic N) is 5. The van der Waals surface area contributed by atoms with Gasteiger partial charge in [-0.3, -0.25) is 9.69 Å². The van der Waals surface area contributed by atoms with Crippen molar-refractivity contribution in [2.45, 2.75) is 19.9 Å². The first kappa shape index (κ1) is 12.3. The smallest absolute Gasteiger partial charge is 0.262 e. The molecule has 1 amide bonds. The van der Waals surface area contributed by atoms with Gasteiger partial charge in [0.2, 0.25) is 0 Å². The zero-order chi connectivity index (χ0) is 13.4. The Balaban J connectivity index is 2.00. The molecule has 0 saturated carbocycles. The Hall–Kier alpha value is -1.76. The molecule has 0 N–H and O–H groups in total. The number of anilines is 1. The van der Waals surface area contributed by atoms with Gasteiger partial charge in [-0.1, -0.05) is 6.92 Å². The summed E-state index contributed by atoms with van der Waals surface area (Å²) in [5.74, 6) is 0.730. The van der Waals surface area contributed by atoms with E-state index in [1.165, 1.54) is 6.33 Å². The Kier molecular flexibility index (Phi) is 3.06. The van der Waals surface area contributed by atoms with Crippen molar-refractivity contribution in [3.63, 3.8) is 0 Å². The summed E-state index contributed by atoms with van der Waals surface area (Å²) in [6.07, 6.45) is 5.47. The third-order valence-corrected chi connectivity index (χ3v) is 3.72. The molecule has 0 unspecified atom stereocenters. The minimum Gasteiger partial charge on any atom is -0.290 e. The highest BCUT2D eigenvalue weighted by Crippen LogP contribution is 2.31. The largest absolute Gasteiger partial charge is 0.290 e. The lowest BCUT2D eigenvalue weighted by atomic mass is 10.1. The minimum absolute atomic E-state index is 0.0719. The molecule has 0 aromatic carbocycles. The number of carbonyl (C=O) groups excluding carboxylic acids is 1. The molecule has 0 aliphatic carbocycles. The van der Waals surface area contributed by atoms with E-state index in [2.05, 4.69) is 31.0 Å². The van der Waals surface area contributed by atoms with Crippen LogP contribution in [0.25, 0.3) is 0 Å². The molecule has 3 heterocycles. The second-order valence-corrected chi connectivity index (χ2v) is 5.09. The Morgan fingerprint density at radius 2 is 2.26 bits per heavy atom. The van der Waals surface area contributed by atoms with Crippen LogP contribution in [0, 0.1) is 0 Å². The average molecular weight is 322 g/mol. The van der Waals surface area contributed by atoms with Gasteiger partial charge in [-0.05, 0) is 22.4 Å². The topological polar surface area (TPSA) is 63.9 Å². The summed E-state index contributed by atoms with van der Waals surface area (Å²) in [5, 5.41) is 4.21. The molecule has 0 radical (unpaired) electrons. The molecular weight excluding hydrogens is 310 g/mol. The first-order valence-corrected chi connectivity index (χ1v) is 6.83. The van der Waals surface area contributed by atoms with Gasteiger partial charge in [0.05, 0.1) is 28.5 Å². The first-order chi connectivity index (χ1) is 9.22. The van der Waals surface area contributed by atoms with Crippen LogP contribution in [-0.2, 0) is 13.0 Å². The van der Waals surface area contributed by atoms with E-state index in [-0.39, 0.29) is 5.91 Å². The van der Waals surface area contributed by atoms with Gasteiger partial charge in [-0.25, -0.2) is 14.6 Å². The fraction of sp³-hybridized carbons (Fsp3) is 0.333. The van der Waals surface area contributed by atoms with E-state index >= 15 is 0 Å². The van der Waals surface area contributed by atoms with Gasteiger partial charge in [0.1, 0.15) is 12.1 Å². The summed E-state index contributed by atoms with van der Waals surface area (Å²) in [6, 6.07) is 0. The molecular formula is C12H12BrN5O. The van der Waals surface area contributed by atoms with Crippen molar-refractivity contribution < 1.29 is 4.79 Å². The van der Waals surface area contributed by atoms with Crippen LogP contribution in [-0.4, -0.2) is 32.2 Å². The van der Waals surface area contributed by atoms with Crippen molar-refractivity contribution in [3.05, 3.63) is 34.5 Å². The summed E-state index contributed by atoms with van der Waals surface area (Å²) >= 11 is 3.43. The van der Waals surface area contributed by atoms with Crippen molar-refractivity contribution in [2.75, 3.05) is 11.4 Å². The van der Waals surface area contributed by atoms with Gasteiger partial charge < -0.3 is 0 Å². The monoisotopic (exact) mass is 321 g/mol. The van der Waals surface area contributed by atoms with Gasteiger partial charge in [0.25, 0.3) is 5.91 Å². The summed E-state index contributed by atoms with van der Waals surface area (Å²) in [7, 11) is 0. The Morgan fingerprint density at radius 1 is 1.42 bits per heavy atom. The van der Waals surface area contributed by atoms with Crippen LogP contribution in [0.5, 0.6) is 0 Å². The van der Waals surface area contributed by atoms with Crippen molar-refractivity contribution in [3.8, 4) is 0 Å². The van der Waals surface area contributed by atoms with Gasteiger partial charge in [-0.2, -0.15) is 5.10 Å². The molecule has 2 aromatic heterocycles. The molecule has 6 nitrogen and oxygen atoms in total. The summed E-state index contributed by atoms with van der Waals surface area (Å²) < 4.78 is 2.64. The number of amides is 1. The van der Waals surface area contributed by atoms with Crippen molar-refractivity contribution in [2.24, 2.45) is 0 Å². The van der Waals surface area contributed by atoms with Crippen LogP contribution in [0.15, 0.2) is 23.2 Å². The predicted octanol–water partition coefficient (Wildman–Crippen LogP) is 1.66. The SMILES string of the molecule is CCc1ncncc1C(=O)N1CCn2ncc(Br)c21. The zero-order valence-corrected chi connectivity index (χ0v) is 12.0. The fourth-order valence-electron chi connectivity index (χ4n) is 2.25. The number of halogens is 1. The van der Waals surface area contributed by atoms with Gasteiger partial charge in [0.15, 0.2) is 0 Å². The number of carbonyl (C=O) groups is 1. The van der Waals surface area contributed by atoms with Crippen molar-refractivity contribution >= 4 is 27.7 Å². The number of hydrogen-bond acceptors (Lipinski definition) is 4. The standard InChI is InChI=1S/C12H12BrN5O/c1-2-10-8(5-14-7-15-10)12(19)17-3-4-18-11(17)9(13)6-16-18/h5-7H,2-4H2,1H3. The molecule has 0 atom stereocenters. The van der Waals surface area contributed by atoms with Crippen molar-refractivity contribution in [1.82, 2.24) is 19.7 Å². The molecule has 19 heavy (non-hydrogen) atoms. The lowest BCUT2D eigenvalue weighted by molar-refractivity contribution is 0.0987. The summed E-state index contributed by atoms with van der Waals surface area (Å²) in [6.45, 7) is 3.31. The third-order valence-electron chi connectivity index (χ3n) is 3.16. The normalized spacial score (nSPS) is 13.7. The average Bonchev–Trinajstić information content (AvgIpc) is 3.01. The quantitative estimate of drug-likeness (QED) is 0.843. The molecule has 1 aliphatic rings. The second-order valence-electron chi connectivity index (χ2n) is 4.23. The molecule has 98 valence electrons. The van der Waals surface area contributed by atoms with Crippen molar-refractivity contribution in [1.29, 1.82) is 0 Å². The van der Waals surface area contributed by atoms with Gasteiger partial charge in [-0.15, -0.1) is 0 Å². The molecule has 0 bridgehead atoms. The highest BCUT2D eigenvalue weighted by atomic mass is 79.9. The summed E-state index contributed by atoms with van der Waals surface area (Å²) in [4.78, 5) is 22.5. The molecule has 0 spiro atoms. The van der Waals surface area contributed by atoms with Crippen LogP contribution >= 0.6 is 15.9 Å². The molecule has 7 heteroatoms. The predicted molar refractivity (Wildman–Crippen MR) is 73.0 cm³/mol. The lowest BCUT2D eigenvalue weighted by Gasteiger charge is -2.16. The number of rotatable bonds is 2. The zero-order valence-electron chi connectivity index (χ0n) is 10.4. The Labute approximate surface area is 118 Å². The van der Waals surface area contributed by atoms with E-state index in [1.54, 1.807) is 17.3 Å². The Bertz CT molecular complexity index is 639. The maximum Gasteiger partial charge on any atom is 0.262 e. The molecule has 3 rings (SSSR count). The Morgan fingerprint density at radius 3 is 3.05 bits per heavy atom. The van der Waals surface area contributed by atoms with Crippen LogP contribution in [0.1, 0.15) is 23.0 Å². The van der Waals surface area contributed by atoms with E-state index in [9.17, 15) is 4.79 Å². The molecule has 1 aliphatic heterocycles. The number of fused-ring (bicyclic) bond motifs is 1. The van der Waals surface area contributed by atoms with E-state index in [0.29, 0.717) is 25.1 Å². The van der Waals surface area contributed by atoms with E-state index in [0.717, 1.165) is 16.0 Å². The van der Waals surface area contributed by atoms with Crippen LogP contribution < -0.4 is 4.90 Å². The number of aryl methyl sites for hydroxylation is 1. The molecule has 2 aromatic rings. The first-order valence-electron chi connectivity index (χ1n) is 6.04. The number of aromatic nitrogens is 4. The second kappa shape index (κ2) is 4.73. The van der Waals surface area contributed by atoms with E-state index in [4.69, 9.17) is 0 Å². The summed E-state index contributed by atoms with van der Waals surface area (Å²) in [5.41, 5.74) is 1.33. The van der Waals surface area contributed by atoms with E-state index in [1.807, 2.05) is 11.6 Å². The molecule has 0 fully saturated rings. The van der Waals surface area contributed by atoms with Crippen LogP contribution in [0.3, 0.4) is 0 Å². The van der Waals surface area contributed by atoms with Crippen LogP contribution in [0.2, 0.25) is 0 Å². The highest BCUT2D eigenvalue weighted by Gasteiger charge is 2.30. The highest BCUT2D eigenvalue weighted by molar-refractivity contribution is 9.10. The van der Waals surface area contributed by atoms with Gasteiger partial charge >= 0.3 is 0 Å². The number of hydrogen-bond donors (Lipinski definition) is 0. The van der Waals surface area contributed by atoms with Gasteiger partial charge in [0, 0.05) is 12.7 Å². The fourth-order valence-corrected chi connectivity index (χ4v) is 2.76. The molecule has 0 saturated heterocycles. The lowest BCUT2D eigenvalue weighted by Crippen LogP contribution is -2.30. The van der Waals surface area contributed by atoms with E-state index < -0.39 is 0 Å².